The molecule has 0 unspecified atom stereocenters. The lowest BCUT2D eigenvalue weighted by Gasteiger charge is -2.41. The van der Waals surface area contributed by atoms with E-state index < -0.39 is 0 Å². The van der Waals surface area contributed by atoms with Crippen LogP contribution in [0.1, 0.15) is 58.8 Å². The van der Waals surface area contributed by atoms with Crippen molar-refractivity contribution in [1.82, 2.24) is 10.2 Å². The normalized spacial score (nSPS) is 29.1. The van der Waals surface area contributed by atoms with Gasteiger partial charge in [0.05, 0.1) is 6.10 Å². The fraction of sp³-hybridized carbons (Fsp3) is 0.938. The fourth-order valence-corrected chi connectivity index (χ4v) is 3.52. The number of hydrogen-bond donors (Lipinski definition) is 2. The van der Waals surface area contributed by atoms with Gasteiger partial charge in [-0.3, -0.25) is 4.79 Å². The summed E-state index contributed by atoms with van der Waals surface area (Å²) >= 11 is 0. The topological polar surface area (TPSA) is 52.6 Å². The van der Waals surface area contributed by atoms with Crippen molar-refractivity contribution in [2.75, 3.05) is 13.1 Å². The lowest BCUT2D eigenvalue weighted by molar-refractivity contribution is -0.132. The number of aliphatic hydroxyl groups is 1. The van der Waals surface area contributed by atoms with Crippen LogP contribution in [0.2, 0.25) is 0 Å². The molecule has 0 aromatic carbocycles. The third kappa shape index (κ3) is 3.95. The number of aliphatic hydroxyl groups excluding tert-OH is 1. The summed E-state index contributed by atoms with van der Waals surface area (Å²) in [7, 11) is 0. The van der Waals surface area contributed by atoms with Gasteiger partial charge in [-0.05, 0) is 44.4 Å². The molecule has 116 valence electrons. The van der Waals surface area contributed by atoms with E-state index in [4.69, 9.17) is 0 Å². The van der Waals surface area contributed by atoms with Crippen LogP contribution >= 0.6 is 0 Å². The Morgan fingerprint density at radius 1 is 1.30 bits per heavy atom. The molecule has 1 atom stereocenters. The summed E-state index contributed by atoms with van der Waals surface area (Å²) in [6.45, 7) is 6.09. The highest BCUT2D eigenvalue weighted by Gasteiger charge is 2.34. The van der Waals surface area contributed by atoms with E-state index >= 15 is 0 Å². The Balaban J connectivity index is 1.72. The first-order valence-electron chi connectivity index (χ1n) is 8.35. The predicted molar refractivity (Wildman–Crippen MR) is 80.5 cm³/mol. The van der Waals surface area contributed by atoms with Crippen molar-refractivity contribution in [3.63, 3.8) is 0 Å². The van der Waals surface area contributed by atoms with Gasteiger partial charge in [0, 0.05) is 31.6 Å². The molecule has 4 nitrogen and oxygen atoms in total. The zero-order valence-corrected chi connectivity index (χ0v) is 13.0. The van der Waals surface area contributed by atoms with E-state index in [2.05, 4.69) is 19.2 Å². The monoisotopic (exact) mass is 282 g/mol. The number of likely N-dealkylation sites (tertiary alicyclic amines) is 1. The van der Waals surface area contributed by atoms with Crippen LogP contribution in [-0.2, 0) is 4.79 Å². The molecule has 1 saturated heterocycles. The Kier molecular flexibility index (Phi) is 5.85. The molecule has 2 rings (SSSR count). The Morgan fingerprint density at radius 2 is 1.95 bits per heavy atom. The maximum Gasteiger partial charge on any atom is 0.222 e. The Labute approximate surface area is 122 Å². The maximum absolute atomic E-state index is 11.9. The molecule has 2 fully saturated rings. The molecule has 0 bridgehead atoms. The van der Waals surface area contributed by atoms with Crippen LogP contribution in [0.25, 0.3) is 0 Å². The molecule has 0 aromatic rings. The molecule has 1 aliphatic carbocycles. The van der Waals surface area contributed by atoms with Crippen LogP contribution in [-0.4, -0.2) is 47.2 Å². The molecule has 1 aliphatic heterocycles. The van der Waals surface area contributed by atoms with Crippen molar-refractivity contribution in [2.45, 2.75) is 77.0 Å². The number of rotatable bonds is 6. The summed E-state index contributed by atoms with van der Waals surface area (Å²) < 4.78 is 0. The standard InChI is InChI=1S/C16H30N2O2/c1-3-5-16(20)18-8-6-13(7-9-18)17-15(4-2)12-10-14(19)11-12/h12-15,17,19H,3-11H2,1-2H3/t12?,14?,15-/m1/s1. The largest absolute Gasteiger partial charge is 0.393 e. The van der Waals surface area contributed by atoms with Crippen LogP contribution in [0.3, 0.4) is 0 Å². The molecule has 1 saturated carbocycles. The van der Waals surface area contributed by atoms with E-state index in [0.717, 1.165) is 51.6 Å². The quantitative estimate of drug-likeness (QED) is 0.782. The molecule has 0 aromatic heterocycles. The average molecular weight is 282 g/mol. The first-order chi connectivity index (χ1) is 9.63. The number of hydrogen-bond acceptors (Lipinski definition) is 3. The molecule has 0 radical (unpaired) electrons. The van der Waals surface area contributed by atoms with Gasteiger partial charge in [-0.1, -0.05) is 13.8 Å². The van der Waals surface area contributed by atoms with Gasteiger partial charge in [-0.2, -0.15) is 0 Å². The molecule has 20 heavy (non-hydrogen) atoms. The van der Waals surface area contributed by atoms with Crippen molar-refractivity contribution >= 4 is 5.91 Å². The van der Waals surface area contributed by atoms with Gasteiger partial charge < -0.3 is 15.3 Å². The third-order valence-corrected chi connectivity index (χ3v) is 4.92. The van der Waals surface area contributed by atoms with Crippen LogP contribution < -0.4 is 5.32 Å². The minimum Gasteiger partial charge on any atom is -0.393 e. The van der Waals surface area contributed by atoms with Gasteiger partial charge in [0.25, 0.3) is 0 Å². The molecule has 2 aliphatic rings. The maximum atomic E-state index is 11.9. The van der Waals surface area contributed by atoms with Crippen molar-refractivity contribution in [3.05, 3.63) is 0 Å². The number of nitrogens with one attached hydrogen (secondary N) is 1. The summed E-state index contributed by atoms with van der Waals surface area (Å²) in [5, 5.41) is 13.2. The second kappa shape index (κ2) is 7.41. The minimum atomic E-state index is -0.0654. The predicted octanol–water partition coefficient (Wildman–Crippen LogP) is 1.92. The lowest BCUT2D eigenvalue weighted by Crippen LogP contribution is -2.52. The number of piperidine rings is 1. The number of carbonyl (C=O) groups excluding carboxylic acids is 1. The summed E-state index contributed by atoms with van der Waals surface area (Å²) in [6.07, 6.45) is 6.76. The summed E-state index contributed by atoms with van der Waals surface area (Å²) in [6, 6.07) is 1.09. The number of nitrogens with zero attached hydrogens (tertiary/aromatic N) is 1. The molecule has 0 spiro atoms. The number of carbonyl (C=O) groups is 1. The molecular formula is C16H30N2O2. The Hall–Kier alpha value is -0.610. The van der Waals surface area contributed by atoms with E-state index in [0.29, 0.717) is 30.3 Å². The molecule has 2 N–H and O–H groups in total. The van der Waals surface area contributed by atoms with Gasteiger partial charge in [0.15, 0.2) is 0 Å². The molecule has 1 amide bonds. The first kappa shape index (κ1) is 15.8. The van der Waals surface area contributed by atoms with E-state index in [1.54, 1.807) is 0 Å². The Morgan fingerprint density at radius 3 is 2.45 bits per heavy atom. The van der Waals surface area contributed by atoms with Gasteiger partial charge in [-0.25, -0.2) is 0 Å². The van der Waals surface area contributed by atoms with Crippen LogP contribution in [0.4, 0.5) is 0 Å². The van der Waals surface area contributed by atoms with Gasteiger partial charge in [-0.15, -0.1) is 0 Å². The molecule has 4 heteroatoms. The Bertz CT molecular complexity index is 308. The summed E-state index contributed by atoms with van der Waals surface area (Å²) in [5.41, 5.74) is 0. The average Bonchev–Trinajstić information content (AvgIpc) is 2.42. The van der Waals surface area contributed by atoms with E-state index in [1.165, 1.54) is 0 Å². The van der Waals surface area contributed by atoms with E-state index in [1.807, 2.05) is 4.90 Å². The summed E-state index contributed by atoms with van der Waals surface area (Å²) in [5.74, 6) is 0.967. The van der Waals surface area contributed by atoms with Gasteiger partial charge in [0.1, 0.15) is 0 Å². The summed E-state index contributed by atoms with van der Waals surface area (Å²) in [4.78, 5) is 13.9. The van der Waals surface area contributed by atoms with E-state index in [-0.39, 0.29) is 6.10 Å². The van der Waals surface area contributed by atoms with Crippen molar-refractivity contribution < 1.29 is 9.90 Å². The van der Waals surface area contributed by atoms with Crippen LogP contribution in [0.5, 0.6) is 0 Å². The van der Waals surface area contributed by atoms with Crippen molar-refractivity contribution in [1.29, 1.82) is 0 Å². The second-order valence-corrected chi connectivity index (χ2v) is 6.47. The molecular weight excluding hydrogens is 252 g/mol. The smallest absolute Gasteiger partial charge is 0.222 e. The zero-order chi connectivity index (χ0) is 14.5. The highest BCUT2D eigenvalue weighted by Crippen LogP contribution is 2.32. The highest BCUT2D eigenvalue weighted by atomic mass is 16.3. The SMILES string of the molecule is CCCC(=O)N1CCC(N[C@H](CC)C2CC(O)C2)CC1. The second-order valence-electron chi connectivity index (χ2n) is 6.47. The first-order valence-corrected chi connectivity index (χ1v) is 8.35. The van der Waals surface area contributed by atoms with Gasteiger partial charge >= 0.3 is 0 Å². The fourth-order valence-electron chi connectivity index (χ4n) is 3.52. The lowest BCUT2D eigenvalue weighted by atomic mass is 9.76. The highest BCUT2D eigenvalue weighted by molar-refractivity contribution is 5.76. The van der Waals surface area contributed by atoms with Gasteiger partial charge in [0.2, 0.25) is 5.91 Å². The van der Waals surface area contributed by atoms with Crippen LogP contribution in [0, 0.1) is 5.92 Å². The molecule has 1 heterocycles. The third-order valence-electron chi connectivity index (χ3n) is 4.92. The zero-order valence-electron chi connectivity index (χ0n) is 13.0. The van der Waals surface area contributed by atoms with E-state index in [9.17, 15) is 9.90 Å². The van der Waals surface area contributed by atoms with Crippen molar-refractivity contribution in [2.24, 2.45) is 5.92 Å². The number of amides is 1. The minimum absolute atomic E-state index is 0.0654. The van der Waals surface area contributed by atoms with Crippen LogP contribution in [0.15, 0.2) is 0 Å². The van der Waals surface area contributed by atoms with Crippen molar-refractivity contribution in [3.8, 4) is 0 Å².